The molecule has 0 saturated heterocycles. The zero-order chi connectivity index (χ0) is 14.5. The van der Waals surface area contributed by atoms with Gasteiger partial charge in [0.1, 0.15) is 5.76 Å². The maximum Gasteiger partial charge on any atom is 0.291 e. The molecule has 2 aromatic rings. The van der Waals surface area contributed by atoms with Crippen LogP contribution in [0.15, 0.2) is 34.7 Å². The van der Waals surface area contributed by atoms with Crippen LogP contribution < -0.4 is 5.32 Å². The van der Waals surface area contributed by atoms with Crippen LogP contribution in [0, 0.1) is 6.92 Å². The third-order valence-electron chi connectivity index (χ3n) is 3.14. The zero-order valence-electron chi connectivity index (χ0n) is 11.7. The van der Waals surface area contributed by atoms with Crippen LogP contribution in [-0.4, -0.2) is 5.91 Å². The molecule has 1 N–H and O–H groups in total. The molecule has 1 amide bonds. The summed E-state index contributed by atoms with van der Waals surface area (Å²) in [5.41, 5.74) is 2.87. The van der Waals surface area contributed by atoms with Gasteiger partial charge in [-0.05, 0) is 37.1 Å². The summed E-state index contributed by atoms with van der Waals surface area (Å²) in [4.78, 5) is 12.1. The van der Waals surface area contributed by atoms with Gasteiger partial charge in [0.05, 0.1) is 5.88 Å². The quantitative estimate of drug-likeness (QED) is 0.822. The van der Waals surface area contributed by atoms with Crippen LogP contribution in [0.3, 0.4) is 0 Å². The molecule has 0 aliphatic rings. The summed E-state index contributed by atoms with van der Waals surface area (Å²) in [6.07, 6.45) is 2.16. The van der Waals surface area contributed by atoms with E-state index in [9.17, 15) is 4.79 Å². The Bertz CT molecular complexity index is 587. The number of halogens is 1. The second-order valence-corrected chi connectivity index (χ2v) is 4.99. The smallest absolute Gasteiger partial charge is 0.291 e. The van der Waals surface area contributed by atoms with Crippen molar-refractivity contribution in [2.45, 2.75) is 32.6 Å². The maximum absolute atomic E-state index is 12.1. The van der Waals surface area contributed by atoms with Crippen LogP contribution in [0.2, 0.25) is 0 Å². The summed E-state index contributed by atoms with van der Waals surface area (Å²) < 4.78 is 5.41. The number of nitrogens with one attached hydrogen (secondary N) is 1. The third-order valence-corrected chi connectivity index (χ3v) is 3.43. The van der Waals surface area contributed by atoms with E-state index in [4.69, 9.17) is 16.0 Å². The highest BCUT2D eigenvalue weighted by atomic mass is 35.5. The molecule has 0 fully saturated rings. The van der Waals surface area contributed by atoms with Gasteiger partial charge in [0, 0.05) is 11.3 Å². The van der Waals surface area contributed by atoms with Gasteiger partial charge in [-0.25, -0.2) is 0 Å². The Hall–Kier alpha value is -1.74. The first-order chi connectivity index (χ1) is 9.63. The molecule has 4 heteroatoms. The summed E-state index contributed by atoms with van der Waals surface area (Å²) in [7, 11) is 0. The molecule has 1 heterocycles. The van der Waals surface area contributed by atoms with Crippen LogP contribution in [-0.2, 0) is 12.3 Å². The van der Waals surface area contributed by atoms with Crippen molar-refractivity contribution >= 4 is 23.2 Å². The van der Waals surface area contributed by atoms with Crippen LogP contribution >= 0.6 is 11.6 Å². The molecule has 0 unspecified atom stereocenters. The lowest BCUT2D eigenvalue weighted by molar-refractivity contribution is 0.0995. The van der Waals surface area contributed by atoms with Gasteiger partial charge in [-0.1, -0.05) is 25.5 Å². The molecule has 0 radical (unpaired) electrons. The highest BCUT2D eigenvalue weighted by Gasteiger charge is 2.14. The van der Waals surface area contributed by atoms with Crippen molar-refractivity contribution in [3.63, 3.8) is 0 Å². The Morgan fingerprint density at radius 2 is 2.00 bits per heavy atom. The number of furan rings is 1. The normalized spacial score (nSPS) is 10.6. The van der Waals surface area contributed by atoms with E-state index in [1.807, 2.05) is 24.3 Å². The molecule has 1 aromatic carbocycles. The predicted molar refractivity (Wildman–Crippen MR) is 81.4 cm³/mol. The minimum absolute atomic E-state index is 0.257. The van der Waals surface area contributed by atoms with E-state index in [1.165, 1.54) is 5.56 Å². The molecular formula is C16H18ClNO2. The monoisotopic (exact) mass is 291 g/mol. The van der Waals surface area contributed by atoms with Crippen molar-refractivity contribution in [3.05, 3.63) is 53.0 Å². The van der Waals surface area contributed by atoms with Crippen molar-refractivity contribution < 1.29 is 9.21 Å². The number of aryl methyl sites for hydroxylation is 2. The number of hydrogen-bond donors (Lipinski definition) is 1. The molecule has 106 valence electrons. The van der Waals surface area contributed by atoms with Gasteiger partial charge in [0.25, 0.3) is 5.91 Å². The van der Waals surface area contributed by atoms with Crippen LogP contribution in [0.4, 0.5) is 5.69 Å². The average Bonchev–Trinajstić information content (AvgIpc) is 2.82. The van der Waals surface area contributed by atoms with Gasteiger partial charge < -0.3 is 9.73 Å². The Morgan fingerprint density at radius 1 is 1.30 bits per heavy atom. The number of benzene rings is 1. The molecule has 2 rings (SSSR count). The van der Waals surface area contributed by atoms with Gasteiger partial charge >= 0.3 is 0 Å². The Labute approximate surface area is 123 Å². The van der Waals surface area contributed by atoms with E-state index >= 15 is 0 Å². The van der Waals surface area contributed by atoms with E-state index in [0.29, 0.717) is 11.6 Å². The summed E-state index contributed by atoms with van der Waals surface area (Å²) in [5.74, 6) is 1.06. The molecule has 0 bridgehead atoms. The summed E-state index contributed by atoms with van der Waals surface area (Å²) in [6, 6.07) is 9.54. The topological polar surface area (TPSA) is 42.2 Å². The number of carbonyl (C=O) groups is 1. The average molecular weight is 292 g/mol. The van der Waals surface area contributed by atoms with Gasteiger partial charge in [-0.2, -0.15) is 0 Å². The molecule has 0 spiro atoms. The predicted octanol–water partition coefficient (Wildman–Crippen LogP) is 4.53. The minimum atomic E-state index is -0.257. The Kier molecular flexibility index (Phi) is 4.85. The molecule has 1 aromatic heterocycles. The van der Waals surface area contributed by atoms with Crippen molar-refractivity contribution in [2.75, 3.05) is 5.32 Å². The van der Waals surface area contributed by atoms with E-state index in [0.717, 1.165) is 24.1 Å². The maximum atomic E-state index is 12.1. The van der Waals surface area contributed by atoms with Crippen molar-refractivity contribution in [1.29, 1.82) is 0 Å². The zero-order valence-corrected chi connectivity index (χ0v) is 12.5. The number of rotatable bonds is 5. The van der Waals surface area contributed by atoms with Gasteiger partial charge in [-0.15, -0.1) is 11.6 Å². The van der Waals surface area contributed by atoms with E-state index in [-0.39, 0.29) is 11.7 Å². The molecular weight excluding hydrogens is 274 g/mol. The SMILES string of the molecule is CCCc1ccc(NC(=O)c2cc(CCl)c(C)o2)cc1. The Morgan fingerprint density at radius 3 is 2.55 bits per heavy atom. The molecule has 0 aliphatic carbocycles. The highest BCUT2D eigenvalue weighted by Crippen LogP contribution is 2.18. The van der Waals surface area contributed by atoms with E-state index < -0.39 is 0 Å². The van der Waals surface area contributed by atoms with Crippen molar-refractivity contribution in [2.24, 2.45) is 0 Å². The number of hydrogen-bond acceptors (Lipinski definition) is 2. The van der Waals surface area contributed by atoms with Crippen molar-refractivity contribution in [1.82, 2.24) is 0 Å². The number of anilines is 1. The molecule has 0 atom stereocenters. The first-order valence-corrected chi connectivity index (χ1v) is 7.23. The summed E-state index contributed by atoms with van der Waals surface area (Å²) in [6.45, 7) is 3.94. The molecule has 3 nitrogen and oxygen atoms in total. The highest BCUT2D eigenvalue weighted by molar-refractivity contribution is 6.17. The van der Waals surface area contributed by atoms with Crippen LogP contribution in [0.5, 0.6) is 0 Å². The van der Waals surface area contributed by atoms with Crippen molar-refractivity contribution in [3.8, 4) is 0 Å². The summed E-state index contributed by atoms with van der Waals surface area (Å²) in [5, 5.41) is 2.82. The second kappa shape index (κ2) is 6.62. The fourth-order valence-electron chi connectivity index (χ4n) is 2.00. The first kappa shape index (κ1) is 14.7. The van der Waals surface area contributed by atoms with Gasteiger partial charge in [-0.3, -0.25) is 4.79 Å². The van der Waals surface area contributed by atoms with E-state index in [2.05, 4.69) is 12.2 Å². The number of amides is 1. The lowest BCUT2D eigenvalue weighted by atomic mass is 10.1. The number of alkyl halides is 1. The van der Waals surface area contributed by atoms with E-state index in [1.54, 1.807) is 13.0 Å². The Balaban J connectivity index is 2.06. The van der Waals surface area contributed by atoms with Gasteiger partial charge in [0.2, 0.25) is 0 Å². The standard InChI is InChI=1S/C16H18ClNO2/c1-3-4-12-5-7-14(8-6-12)18-16(19)15-9-13(10-17)11(2)20-15/h5-9H,3-4,10H2,1-2H3,(H,18,19). The lowest BCUT2D eigenvalue weighted by Crippen LogP contribution is -2.10. The molecule has 0 aliphatic heterocycles. The third kappa shape index (κ3) is 3.42. The second-order valence-electron chi connectivity index (χ2n) is 4.73. The number of carbonyl (C=O) groups excluding carboxylic acids is 1. The molecule has 20 heavy (non-hydrogen) atoms. The van der Waals surface area contributed by atoms with Crippen LogP contribution in [0.1, 0.15) is 40.8 Å². The largest absolute Gasteiger partial charge is 0.456 e. The minimum Gasteiger partial charge on any atom is -0.456 e. The fraction of sp³-hybridized carbons (Fsp3) is 0.312. The first-order valence-electron chi connectivity index (χ1n) is 6.69. The van der Waals surface area contributed by atoms with Crippen LogP contribution in [0.25, 0.3) is 0 Å². The van der Waals surface area contributed by atoms with Gasteiger partial charge in [0.15, 0.2) is 5.76 Å². The molecule has 0 saturated carbocycles. The fourth-order valence-corrected chi connectivity index (χ4v) is 2.27. The summed E-state index contributed by atoms with van der Waals surface area (Å²) >= 11 is 5.77. The lowest BCUT2D eigenvalue weighted by Gasteiger charge is -2.04.